The molecule has 1 aromatic carbocycles. The predicted molar refractivity (Wildman–Crippen MR) is 117 cm³/mol. The van der Waals surface area contributed by atoms with Gasteiger partial charge in [0, 0.05) is 55.9 Å². The highest BCUT2D eigenvalue weighted by Crippen LogP contribution is 2.17. The zero-order valence-electron chi connectivity index (χ0n) is 16.5. The lowest BCUT2D eigenvalue weighted by Gasteiger charge is -2.18. The monoisotopic (exact) mass is 445 g/mol. The summed E-state index contributed by atoms with van der Waals surface area (Å²) in [7, 11) is 1.82. The quantitative estimate of drug-likeness (QED) is 0.459. The Kier molecular flexibility index (Phi) is 9.48. The summed E-state index contributed by atoms with van der Waals surface area (Å²) < 4.78 is 1.01. The molecular weight excluding hydrogens is 418 g/mol. The van der Waals surface area contributed by atoms with Crippen molar-refractivity contribution in [1.82, 2.24) is 20.5 Å². The van der Waals surface area contributed by atoms with E-state index in [-0.39, 0.29) is 5.91 Å². The van der Waals surface area contributed by atoms with E-state index >= 15 is 0 Å². The molecule has 7 heteroatoms. The lowest BCUT2D eigenvalue weighted by atomic mass is 10.2. The number of nitrogens with zero attached hydrogens (tertiary/aromatic N) is 3. The molecule has 0 aliphatic rings. The number of guanidine groups is 1. The molecule has 1 amide bonds. The van der Waals surface area contributed by atoms with Crippen molar-refractivity contribution in [3.63, 3.8) is 0 Å². The maximum Gasteiger partial charge on any atom is 0.224 e. The van der Waals surface area contributed by atoms with Gasteiger partial charge in [0.25, 0.3) is 0 Å². The van der Waals surface area contributed by atoms with Crippen molar-refractivity contribution < 1.29 is 4.79 Å². The van der Waals surface area contributed by atoms with Crippen LogP contribution in [0.25, 0.3) is 0 Å². The van der Waals surface area contributed by atoms with E-state index in [9.17, 15) is 4.79 Å². The molecule has 2 rings (SSSR count). The van der Waals surface area contributed by atoms with Crippen LogP contribution in [0.4, 0.5) is 0 Å². The van der Waals surface area contributed by atoms with Crippen molar-refractivity contribution in [3.05, 3.63) is 64.4 Å². The topological polar surface area (TPSA) is 69.6 Å². The van der Waals surface area contributed by atoms with Crippen LogP contribution in [0.1, 0.15) is 24.6 Å². The van der Waals surface area contributed by atoms with Gasteiger partial charge in [-0.25, -0.2) is 0 Å². The molecule has 6 nitrogen and oxygen atoms in total. The van der Waals surface area contributed by atoms with Crippen LogP contribution in [0.15, 0.2) is 58.1 Å². The molecular formula is C21H28BrN5O. The second kappa shape index (κ2) is 12.1. The lowest BCUT2D eigenvalue weighted by Crippen LogP contribution is -2.38. The Morgan fingerprint density at radius 2 is 1.96 bits per heavy atom. The van der Waals surface area contributed by atoms with E-state index < -0.39 is 0 Å². The number of benzene rings is 1. The third kappa shape index (κ3) is 7.68. The summed E-state index contributed by atoms with van der Waals surface area (Å²) in [6, 6.07) is 13.8. The fraction of sp³-hybridized carbons (Fsp3) is 0.381. The summed E-state index contributed by atoms with van der Waals surface area (Å²) in [4.78, 5) is 22.9. The van der Waals surface area contributed by atoms with Gasteiger partial charge in [0.2, 0.25) is 5.91 Å². The third-order valence-electron chi connectivity index (χ3n) is 4.13. The largest absolute Gasteiger partial charge is 0.357 e. The molecule has 1 heterocycles. The number of nitrogens with one attached hydrogen (secondary N) is 2. The number of carbonyl (C=O) groups is 1. The van der Waals surface area contributed by atoms with Gasteiger partial charge < -0.3 is 15.5 Å². The Labute approximate surface area is 175 Å². The maximum atomic E-state index is 12.4. The lowest BCUT2D eigenvalue weighted by molar-refractivity contribution is -0.130. The summed E-state index contributed by atoms with van der Waals surface area (Å²) in [5.41, 5.74) is 2.13. The minimum absolute atomic E-state index is 0.0730. The molecule has 0 bridgehead atoms. The normalized spacial score (nSPS) is 11.2. The van der Waals surface area contributed by atoms with Crippen LogP contribution in [0.3, 0.4) is 0 Å². The Morgan fingerprint density at radius 3 is 2.68 bits per heavy atom. The average molecular weight is 446 g/mol. The molecule has 1 aromatic heterocycles. The average Bonchev–Trinajstić information content (AvgIpc) is 2.70. The SMILES string of the molecule is CCNC(=NCCC(=O)N(C)Cc1ccccc1Br)NCCc1ccccn1. The van der Waals surface area contributed by atoms with E-state index in [2.05, 4.69) is 36.5 Å². The van der Waals surface area contributed by atoms with E-state index in [1.54, 1.807) is 11.1 Å². The van der Waals surface area contributed by atoms with Crippen LogP contribution < -0.4 is 10.6 Å². The van der Waals surface area contributed by atoms with Crippen LogP contribution in [0.5, 0.6) is 0 Å². The van der Waals surface area contributed by atoms with Crippen molar-refractivity contribution in [1.29, 1.82) is 0 Å². The van der Waals surface area contributed by atoms with Crippen molar-refractivity contribution in [2.75, 3.05) is 26.7 Å². The van der Waals surface area contributed by atoms with E-state index in [4.69, 9.17) is 0 Å². The van der Waals surface area contributed by atoms with Crippen molar-refractivity contribution >= 4 is 27.8 Å². The Hall–Kier alpha value is -2.41. The fourth-order valence-electron chi connectivity index (χ4n) is 2.62. The molecule has 0 spiro atoms. The van der Waals surface area contributed by atoms with Crippen molar-refractivity contribution in [2.24, 2.45) is 4.99 Å². The molecule has 0 unspecified atom stereocenters. The molecule has 0 radical (unpaired) electrons. The molecule has 0 aliphatic carbocycles. The number of hydrogen-bond donors (Lipinski definition) is 2. The molecule has 0 saturated heterocycles. The van der Waals surface area contributed by atoms with Gasteiger partial charge >= 0.3 is 0 Å². The van der Waals surface area contributed by atoms with Crippen LogP contribution in [0, 0.1) is 0 Å². The zero-order chi connectivity index (χ0) is 20.2. The minimum atomic E-state index is 0.0730. The maximum absolute atomic E-state index is 12.4. The molecule has 0 fully saturated rings. The first kappa shape index (κ1) is 21.9. The standard InChI is InChI=1S/C21H28BrN5O/c1-3-23-21(25-14-11-18-9-6-7-13-24-18)26-15-12-20(28)27(2)16-17-8-4-5-10-19(17)22/h4-10,13H,3,11-12,14-16H2,1-2H3,(H2,23,25,26). The number of hydrogen-bond acceptors (Lipinski definition) is 3. The highest BCUT2D eigenvalue weighted by Gasteiger charge is 2.10. The molecule has 0 saturated carbocycles. The Morgan fingerprint density at radius 1 is 1.18 bits per heavy atom. The van der Waals surface area contributed by atoms with Gasteiger partial charge in [0.15, 0.2) is 5.96 Å². The van der Waals surface area contributed by atoms with Gasteiger partial charge in [-0.3, -0.25) is 14.8 Å². The summed E-state index contributed by atoms with van der Waals surface area (Å²) in [6.07, 6.45) is 2.99. The second-order valence-electron chi connectivity index (χ2n) is 6.35. The molecule has 0 aliphatic heterocycles. The summed E-state index contributed by atoms with van der Waals surface area (Å²) in [5.74, 6) is 0.795. The molecule has 28 heavy (non-hydrogen) atoms. The fourth-order valence-corrected chi connectivity index (χ4v) is 3.03. The molecule has 2 N–H and O–H groups in total. The van der Waals surface area contributed by atoms with E-state index in [1.807, 2.05) is 56.4 Å². The van der Waals surface area contributed by atoms with Gasteiger partial charge in [0.1, 0.15) is 0 Å². The third-order valence-corrected chi connectivity index (χ3v) is 4.90. The van der Waals surface area contributed by atoms with Crippen LogP contribution in [-0.2, 0) is 17.8 Å². The Bertz CT molecular complexity index is 766. The number of pyridine rings is 1. The summed E-state index contributed by atoms with van der Waals surface area (Å²) in [5, 5.41) is 6.49. The van der Waals surface area contributed by atoms with Gasteiger partial charge in [-0.2, -0.15) is 0 Å². The predicted octanol–water partition coefficient (Wildman–Crippen LogP) is 2.99. The van der Waals surface area contributed by atoms with Gasteiger partial charge in [-0.15, -0.1) is 0 Å². The van der Waals surface area contributed by atoms with Crippen molar-refractivity contribution in [3.8, 4) is 0 Å². The van der Waals surface area contributed by atoms with Crippen LogP contribution in [0.2, 0.25) is 0 Å². The number of aromatic nitrogens is 1. The van der Waals surface area contributed by atoms with E-state index in [1.165, 1.54) is 0 Å². The molecule has 0 atom stereocenters. The van der Waals surface area contributed by atoms with Gasteiger partial charge in [0.05, 0.1) is 6.54 Å². The molecule has 2 aromatic rings. The number of rotatable bonds is 9. The number of aliphatic imine (C=N–C) groups is 1. The van der Waals surface area contributed by atoms with Gasteiger partial charge in [-0.05, 0) is 30.7 Å². The number of carbonyl (C=O) groups excluding carboxylic acids is 1. The van der Waals surface area contributed by atoms with E-state index in [0.717, 1.165) is 41.2 Å². The number of halogens is 1. The first-order chi connectivity index (χ1) is 13.6. The Balaban J connectivity index is 1.78. The summed E-state index contributed by atoms with van der Waals surface area (Å²) in [6.45, 7) is 4.54. The zero-order valence-corrected chi connectivity index (χ0v) is 18.1. The van der Waals surface area contributed by atoms with Crippen LogP contribution in [-0.4, -0.2) is 48.4 Å². The smallest absolute Gasteiger partial charge is 0.224 e. The highest BCUT2D eigenvalue weighted by atomic mass is 79.9. The van der Waals surface area contributed by atoms with Crippen LogP contribution >= 0.6 is 15.9 Å². The highest BCUT2D eigenvalue weighted by molar-refractivity contribution is 9.10. The first-order valence-corrected chi connectivity index (χ1v) is 10.3. The molecule has 150 valence electrons. The minimum Gasteiger partial charge on any atom is -0.357 e. The second-order valence-corrected chi connectivity index (χ2v) is 7.20. The number of amides is 1. The van der Waals surface area contributed by atoms with Gasteiger partial charge in [-0.1, -0.05) is 40.2 Å². The van der Waals surface area contributed by atoms with Crippen molar-refractivity contribution in [2.45, 2.75) is 26.3 Å². The first-order valence-electron chi connectivity index (χ1n) is 9.49. The van der Waals surface area contributed by atoms with E-state index in [0.29, 0.717) is 19.5 Å². The summed E-state index contributed by atoms with van der Waals surface area (Å²) >= 11 is 3.52.